The van der Waals surface area contributed by atoms with Crippen LogP contribution < -0.4 is 10.2 Å². The maximum Gasteiger partial charge on any atom is 0.139 e. The first-order valence-corrected chi connectivity index (χ1v) is 32.0. The Morgan fingerprint density at radius 1 is 0.314 bits per heavy atom. The third kappa shape index (κ3) is 83.4. The second kappa shape index (κ2) is 76.5. The van der Waals surface area contributed by atoms with E-state index < -0.39 is 0 Å². The Labute approximate surface area is 446 Å². The van der Waals surface area contributed by atoms with E-state index in [2.05, 4.69) is 108 Å². The molecular formula is C67H134N3+. The summed E-state index contributed by atoms with van der Waals surface area (Å²) >= 11 is 0. The molecule has 3 heteroatoms. The highest BCUT2D eigenvalue weighted by Gasteiger charge is 2.00. The second-order valence-corrected chi connectivity index (χ2v) is 21.0. The number of rotatable bonds is 47. The van der Waals surface area contributed by atoms with Crippen molar-refractivity contribution in [2.45, 2.75) is 344 Å². The highest BCUT2D eigenvalue weighted by molar-refractivity contribution is 5.00. The van der Waals surface area contributed by atoms with Crippen LogP contribution in [0.4, 0.5) is 0 Å². The number of hydrogen-bond acceptors (Lipinski definition) is 2. The standard InChI is InChI=1S/2C22H43N.C17H37N.C6H10/c2*1-4-6-8-9-10-11-12-13-14-15-16-17-18-20-22-23(3)21-19-7-5-2;1-3-4-5-6-7-8-9-10-11-12-13-14-15-16-17-18-2;1-3-5-6-4-2/h2*4-6,8-18,20-22H2,1-3H3;18H,3-17H2,1-2H3;3-4H2,1-2H3/p+1. The first kappa shape index (κ1) is 75.1. The molecule has 3 nitrogen and oxygen atoms in total. The smallest absolute Gasteiger partial charge is 0.139 e. The van der Waals surface area contributed by atoms with Crippen LogP contribution in [0.1, 0.15) is 344 Å². The Morgan fingerprint density at radius 3 is 0.871 bits per heavy atom. The molecule has 0 heterocycles. The monoisotopic (exact) mass is 981 g/mol. The zero-order valence-corrected chi connectivity index (χ0v) is 50.5. The SMILES string of the molecule is CCC#CCC.CCC#CCN(C)CCCCCCCCCCCCCCCC.CCC#CC[NH+](C)CCCCCCCCCCCCCCCC.CCCCCCCCCCCCCCCCNC. The molecule has 0 saturated carbocycles. The van der Waals surface area contributed by atoms with Gasteiger partial charge in [0.05, 0.1) is 20.1 Å². The van der Waals surface area contributed by atoms with Crippen LogP contribution in [0, 0.1) is 35.5 Å². The van der Waals surface area contributed by atoms with Crippen molar-refractivity contribution in [3.63, 3.8) is 0 Å². The molecule has 0 radical (unpaired) electrons. The highest BCUT2D eigenvalue weighted by atomic mass is 15.1. The number of quaternary nitrogens is 1. The van der Waals surface area contributed by atoms with Gasteiger partial charge in [0, 0.05) is 25.7 Å². The van der Waals surface area contributed by atoms with E-state index in [0.717, 1.165) is 38.8 Å². The Bertz CT molecular complexity index is 983. The molecule has 0 aliphatic heterocycles. The molecule has 70 heavy (non-hydrogen) atoms. The lowest BCUT2D eigenvalue weighted by Gasteiger charge is -2.12. The van der Waals surface area contributed by atoms with Crippen LogP contribution >= 0.6 is 0 Å². The van der Waals surface area contributed by atoms with Crippen molar-refractivity contribution >= 4 is 0 Å². The molecule has 0 bridgehead atoms. The molecular weight excluding hydrogens is 847 g/mol. The zero-order valence-electron chi connectivity index (χ0n) is 50.5. The minimum atomic E-state index is 0.937. The molecule has 2 N–H and O–H groups in total. The third-order valence-electron chi connectivity index (χ3n) is 13.5. The fourth-order valence-electron chi connectivity index (χ4n) is 8.77. The van der Waals surface area contributed by atoms with E-state index in [0.29, 0.717) is 0 Å². The van der Waals surface area contributed by atoms with Gasteiger partial charge in [0.25, 0.3) is 0 Å². The maximum atomic E-state index is 3.25. The van der Waals surface area contributed by atoms with Crippen molar-refractivity contribution in [3.05, 3.63) is 0 Å². The Hall–Kier alpha value is -1.44. The van der Waals surface area contributed by atoms with Crippen LogP contribution in [0.3, 0.4) is 0 Å². The average Bonchev–Trinajstić information content (AvgIpc) is 3.36. The molecule has 1 atom stereocenters. The normalized spacial score (nSPS) is 10.8. The van der Waals surface area contributed by atoms with E-state index in [9.17, 15) is 0 Å². The summed E-state index contributed by atoms with van der Waals surface area (Å²) in [5.74, 6) is 18.7. The lowest BCUT2D eigenvalue weighted by atomic mass is 10.0. The molecule has 0 aromatic heterocycles. The molecule has 0 aliphatic carbocycles. The van der Waals surface area contributed by atoms with Gasteiger partial charge in [-0.2, -0.15) is 0 Å². The van der Waals surface area contributed by atoms with E-state index in [4.69, 9.17) is 0 Å². The number of unbranched alkanes of at least 4 members (excludes halogenated alkanes) is 39. The summed E-state index contributed by atoms with van der Waals surface area (Å²) in [5.41, 5.74) is 0. The number of nitrogens with one attached hydrogen (secondary N) is 2. The van der Waals surface area contributed by atoms with Gasteiger partial charge in [-0.05, 0) is 58.8 Å². The van der Waals surface area contributed by atoms with Gasteiger partial charge in [-0.15, -0.1) is 17.8 Å². The summed E-state index contributed by atoms with van der Waals surface area (Å²) in [4.78, 5) is 3.92. The summed E-state index contributed by atoms with van der Waals surface area (Å²) in [7, 11) is 6.50. The van der Waals surface area contributed by atoms with Crippen molar-refractivity contribution in [1.29, 1.82) is 0 Å². The van der Waals surface area contributed by atoms with E-state index in [1.54, 1.807) is 4.90 Å². The Balaban J connectivity index is -0.000000443. The largest absolute Gasteiger partial charge is 0.327 e. The van der Waals surface area contributed by atoms with E-state index in [1.807, 2.05) is 7.05 Å². The van der Waals surface area contributed by atoms with Gasteiger partial charge in [0.1, 0.15) is 6.54 Å². The van der Waals surface area contributed by atoms with Crippen molar-refractivity contribution < 1.29 is 4.90 Å². The Morgan fingerprint density at radius 2 is 0.571 bits per heavy atom. The van der Waals surface area contributed by atoms with Gasteiger partial charge in [-0.25, -0.2) is 0 Å². The molecule has 0 aromatic carbocycles. The summed E-state index contributed by atoms with van der Waals surface area (Å²) in [6.07, 6.45) is 64.5. The molecule has 0 aliphatic rings. The first-order valence-electron chi connectivity index (χ1n) is 32.0. The maximum absolute atomic E-state index is 3.25. The summed E-state index contributed by atoms with van der Waals surface area (Å²) in [6, 6.07) is 0. The highest BCUT2D eigenvalue weighted by Crippen LogP contribution is 2.15. The van der Waals surface area contributed by atoms with Gasteiger partial charge >= 0.3 is 0 Å². The molecule has 0 aromatic rings. The van der Waals surface area contributed by atoms with Crippen molar-refractivity contribution in [2.24, 2.45) is 0 Å². The van der Waals surface area contributed by atoms with Crippen molar-refractivity contribution in [2.75, 3.05) is 53.9 Å². The fraction of sp³-hybridized carbons (Fsp3) is 0.910. The lowest BCUT2D eigenvalue weighted by Crippen LogP contribution is -3.08. The molecule has 0 amide bonds. The van der Waals surface area contributed by atoms with Gasteiger partial charge in [-0.1, -0.05) is 304 Å². The van der Waals surface area contributed by atoms with Crippen molar-refractivity contribution in [1.82, 2.24) is 10.2 Å². The zero-order chi connectivity index (χ0) is 52.2. The molecule has 0 saturated heterocycles. The van der Waals surface area contributed by atoms with Crippen LogP contribution in [0.15, 0.2) is 0 Å². The topological polar surface area (TPSA) is 19.7 Å². The average molecular weight is 982 g/mol. The van der Waals surface area contributed by atoms with E-state index in [-0.39, 0.29) is 0 Å². The fourth-order valence-corrected chi connectivity index (χ4v) is 8.77. The molecule has 0 rings (SSSR count). The number of nitrogens with zero attached hydrogens (tertiary/aromatic N) is 1. The summed E-state index contributed by atoms with van der Waals surface area (Å²) < 4.78 is 0. The predicted molar refractivity (Wildman–Crippen MR) is 323 cm³/mol. The summed E-state index contributed by atoms with van der Waals surface area (Å²) in [6.45, 7) is 20.9. The third-order valence-corrected chi connectivity index (χ3v) is 13.5. The van der Waals surface area contributed by atoms with Gasteiger partial charge in [0.2, 0.25) is 0 Å². The van der Waals surface area contributed by atoms with Crippen LogP contribution in [-0.4, -0.2) is 58.8 Å². The Kier molecular flexibility index (Phi) is 82.0. The van der Waals surface area contributed by atoms with Gasteiger partial charge < -0.3 is 10.2 Å². The second-order valence-electron chi connectivity index (χ2n) is 21.0. The van der Waals surface area contributed by atoms with Gasteiger partial charge in [0.15, 0.2) is 0 Å². The quantitative estimate of drug-likeness (QED) is 0.0468. The minimum absolute atomic E-state index is 0.937. The number of hydrogen-bond donors (Lipinski definition) is 2. The summed E-state index contributed by atoms with van der Waals surface area (Å²) in [5, 5.41) is 3.21. The molecule has 0 fully saturated rings. The molecule has 416 valence electrons. The van der Waals surface area contributed by atoms with Crippen LogP contribution in [0.5, 0.6) is 0 Å². The first-order chi connectivity index (χ1) is 34.4. The minimum Gasteiger partial charge on any atom is -0.327 e. The van der Waals surface area contributed by atoms with E-state index in [1.165, 1.54) is 289 Å². The van der Waals surface area contributed by atoms with E-state index >= 15 is 0 Å². The molecule has 0 spiro atoms. The van der Waals surface area contributed by atoms with Crippen molar-refractivity contribution in [3.8, 4) is 35.5 Å². The van der Waals surface area contributed by atoms with Gasteiger partial charge in [-0.3, -0.25) is 4.90 Å². The molecule has 1 unspecified atom stereocenters. The van der Waals surface area contributed by atoms with Crippen LogP contribution in [0.2, 0.25) is 0 Å². The predicted octanol–water partition coefficient (Wildman–Crippen LogP) is 19.7. The van der Waals surface area contributed by atoms with Crippen LogP contribution in [0.25, 0.3) is 0 Å². The van der Waals surface area contributed by atoms with Crippen LogP contribution in [-0.2, 0) is 0 Å². The lowest BCUT2D eigenvalue weighted by molar-refractivity contribution is -0.872.